The molecule has 2 N–H and O–H groups in total. The van der Waals surface area contributed by atoms with E-state index in [4.69, 9.17) is 30.1 Å². The molecule has 0 radical (unpaired) electrons. The zero-order valence-corrected chi connectivity index (χ0v) is 22.4. The van der Waals surface area contributed by atoms with Crippen LogP contribution in [0.1, 0.15) is 33.4 Å². The molecule has 11 nitrogen and oxygen atoms in total. The summed E-state index contributed by atoms with van der Waals surface area (Å²) in [5, 5.41) is 2.58. The summed E-state index contributed by atoms with van der Waals surface area (Å²) in [6, 6.07) is 8.42. The summed E-state index contributed by atoms with van der Waals surface area (Å²) >= 11 is 9.81. The SMILES string of the molecule is CC(C)OC(=O)[C@H](C)N[P@](=O)(OC[C@H]1C[C@@](Cl)(Br)[C@H](n2c(=O)cc[nH]c2=O)O1)Oc1ccccc1. The second kappa shape index (κ2) is 11.4. The maximum absolute atomic E-state index is 13.6. The van der Waals surface area contributed by atoms with Crippen LogP contribution in [0.2, 0.25) is 0 Å². The van der Waals surface area contributed by atoms with E-state index in [-0.39, 0.29) is 24.9 Å². The van der Waals surface area contributed by atoms with Gasteiger partial charge in [0, 0.05) is 18.7 Å². The van der Waals surface area contributed by atoms with E-state index in [2.05, 4.69) is 26.0 Å². The van der Waals surface area contributed by atoms with Crippen molar-refractivity contribution in [2.45, 2.75) is 55.5 Å². The van der Waals surface area contributed by atoms with Gasteiger partial charge in [0.05, 0.1) is 18.8 Å². The van der Waals surface area contributed by atoms with E-state index in [1.165, 1.54) is 13.1 Å². The van der Waals surface area contributed by atoms with Gasteiger partial charge in [-0.15, -0.1) is 11.6 Å². The minimum Gasteiger partial charge on any atom is -0.462 e. The molecule has 1 aliphatic heterocycles. The number of para-hydroxylation sites is 1. The molecule has 3 rings (SSSR count). The Kier molecular flexibility index (Phi) is 9.01. The van der Waals surface area contributed by atoms with Gasteiger partial charge in [-0.25, -0.2) is 13.9 Å². The van der Waals surface area contributed by atoms with Gasteiger partial charge in [0.25, 0.3) is 5.56 Å². The molecule has 1 fully saturated rings. The number of carbonyl (C=O) groups is 1. The van der Waals surface area contributed by atoms with Crippen LogP contribution < -0.4 is 20.9 Å². The van der Waals surface area contributed by atoms with Crippen molar-refractivity contribution in [1.82, 2.24) is 14.6 Å². The van der Waals surface area contributed by atoms with Crippen molar-refractivity contribution in [2.75, 3.05) is 6.61 Å². The number of alkyl halides is 2. The molecule has 192 valence electrons. The Hall–Kier alpha value is -1.95. The van der Waals surface area contributed by atoms with E-state index in [9.17, 15) is 18.9 Å². The first kappa shape index (κ1) is 27.6. The van der Waals surface area contributed by atoms with Gasteiger partial charge < -0.3 is 19.0 Å². The first-order valence-corrected chi connectivity index (χ1v) is 13.4. The number of esters is 1. The van der Waals surface area contributed by atoms with Gasteiger partial charge in [0.2, 0.25) is 0 Å². The Morgan fingerprint density at radius 2 is 2.00 bits per heavy atom. The summed E-state index contributed by atoms with van der Waals surface area (Å²) in [7, 11) is -4.13. The quantitative estimate of drug-likeness (QED) is 0.241. The number of benzene rings is 1. The number of nitrogens with one attached hydrogen (secondary N) is 2. The molecule has 0 bridgehead atoms. The first-order chi connectivity index (χ1) is 16.4. The number of aromatic nitrogens is 2. The van der Waals surface area contributed by atoms with Crippen LogP contribution in [0.3, 0.4) is 0 Å². The highest BCUT2D eigenvalue weighted by Gasteiger charge is 2.49. The van der Waals surface area contributed by atoms with Crippen molar-refractivity contribution in [3.8, 4) is 5.75 Å². The fourth-order valence-corrected chi connectivity index (χ4v) is 5.77. The third-order valence-corrected chi connectivity index (χ3v) is 7.46. The van der Waals surface area contributed by atoms with Gasteiger partial charge in [-0.2, -0.15) is 5.09 Å². The minimum absolute atomic E-state index is 0.0935. The second-order valence-corrected chi connectivity index (χ2v) is 12.3. The number of H-pyrrole nitrogens is 1. The average Bonchev–Trinajstić information content (AvgIpc) is 3.06. The topological polar surface area (TPSA) is 138 Å². The molecular formula is C21H26BrClN3O8P. The summed E-state index contributed by atoms with van der Waals surface area (Å²) < 4.78 is 35.3. The van der Waals surface area contributed by atoms with Crippen LogP contribution in [-0.2, 0) is 23.4 Å². The fourth-order valence-electron chi connectivity index (χ4n) is 3.25. The van der Waals surface area contributed by atoms with Crippen LogP contribution >= 0.6 is 35.3 Å². The summed E-state index contributed by atoms with van der Waals surface area (Å²) in [6.45, 7) is 4.56. The summed E-state index contributed by atoms with van der Waals surface area (Å²) in [4.78, 5) is 39.1. The highest BCUT2D eigenvalue weighted by Crippen LogP contribution is 2.50. The second-order valence-electron chi connectivity index (χ2n) is 8.10. The molecule has 1 aromatic carbocycles. The van der Waals surface area contributed by atoms with E-state index < -0.39 is 47.1 Å². The lowest BCUT2D eigenvalue weighted by atomic mass is 10.2. The number of nitrogens with zero attached hydrogens (tertiary/aromatic N) is 1. The van der Waals surface area contributed by atoms with E-state index in [0.29, 0.717) is 0 Å². The highest BCUT2D eigenvalue weighted by molar-refractivity contribution is 9.10. The maximum atomic E-state index is 13.6. The standard InChI is InChI=1S/C21H26BrClN3O8P/c1-13(2)32-18(28)14(3)25-35(30,34-15-7-5-4-6-8-15)31-12-16-11-21(22,23)19(33-16)26-17(27)9-10-24-20(26)29/h4-10,13-14,16,19H,11-12H2,1-3H3,(H,24,29)(H,25,30)/t14-,16+,19+,21-,35-/m0/s1. The molecule has 2 heterocycles. The van der Waals surface area contributed by atoms with Crippen molar-refractivity contribution < 1.29 is 27.9 Å². The molecule has 2 aromatic rings. The lowest BCUT2D eigenvalue weighted by Gasteiger charge is -2.24. The predicted molar refractivity (Wildman–Crippen MR) is 132 cm³/mol. The fraction of sp³-hybridized carbons (Fsp3) is 0.476. The van der Waals surface area contributed by atoms with Crippen molar-refractivity contribution >= 4 is 41.2 Å². The monoisotopic (exact) mass is 593 g/mol. The van der Waals surface area contributed by atoms with E-state index in [0.717, 1.165) is 10.6 Å². The van der Waals surface area contributed by atoms with Gasteiger partial charge in [-0.05, 0) is 32.9 Å². The minimum atomic E-state index is -4.13. The van der Waals surface area contributed by atoms with Crippen LogP contribution in [0.4, 0.5) is 0 Å². The Bertz CT molecular complexity index is 1160. The number of aromatic amines is 1. The third-order valence-electron chi connectivity index (χ3n) is 4.76. The molecule has 0 saturated carbocycles. The Morgan fingerprint density at radius 1 is 1.31 bits per heavy atom. The van der Waals surface area contributed by atoms with E-state index in [1.807, 2.05) is 0 Å². The normalized spacial score (nSPS) is 24.6. The van der Waals surface area contributed by atoms with Crippen LogP contribution in [0.25, 0.3) is 0 Å². The van der Waals surface area contributed by atoms with E-state index in [1.54, 1.807) is 44.2 Å². The smallest absolute Gasteiger partial charge is 0.459 e. The highest BCUT2D eigenvalue weighted by atomic mass is 79.9. The van der Waals surface area contributed by atoms with Crippen LogP contribution in [0.5, 0.6) is 5.75 Å². The maximum Gasteiger partial charge on any atom is 0.459 e. The Labute approximate surface area is 214 Å². The van der Waals surface area contributed by atoms with Crippen molar-refractivity contribution in [3.63, 3.8) is 0 Å². The number of halogens is 2. The van der Waals surface area contributed by atoms with Crippen LogP contribution in [0.15, 0.2) is 52.2 Å². The first-order valence-electron chi connectivity index (χ1n) is 10.7. The van der Waals surface area contributed by atoms with E-state index >= 15 is 0 Å². The van der Waals surface area contributed by atoms with Gasteiger partial charge in [0.15, 0.2) is 6.23 Å². The molecule has 5 atom stereocenters. The number of rotatable bonds is 10. The molecule has 1 aliphatic rings. The molecule has 1 aromatic heterocycles. The number of hydrogen-bond acceptors (Lipinski definition) is 8. The molecule has 0 aliphatic carbocycles. The van der Waals surface area contributed by atoms with Crippen molar-refractivity contribution in [2.24, 2.45) is 0 Å². The number of carbonyl (C=O) groups excluding carboxylic acids is 1. The zero-order valence-electron chi connectivity index (χ0n) is 19.2. The zero-order chi connectivity index (χ0) is 25.8. The van der Waals surface area contributed by atoms with Crippen molar-refractivity contribution in [1.29, 1.82) is 0 Å². The predicted octanol–water partition coefficient (Wildman–Crippen LogP) is 3.29. The molecular weight excluding hydrogens is 569 g/mol. The summed E-state index contributed by atoms with van der Waals surface area (Å²) in [6.07, 6.45) is -1.01. The lowest BCUT2D eigenvalue weighted by Crippen LogP contribution is -2.41. The van der Waals surface area contributed by atoms with Gasteiger partial charge in [-0.1, -0.05) is 34.1 Å². The summed E-state index contributed by atoms with van der Waals surface area (Å²) in [5.74, 6) is -0.395. The van der Waals surface area contributed by atoms with Crippen molar-refractivity contribution in [3.05, 3.63) is 63.4 Å². The van der Waals surface area contributed by atoms with Gasteiger partial charge >= 0.3 is 19.4 Å². The molecule has 14 heteroatoms. The average molecular weight is 595 g/mol. The molecule has 0 spiro atoms. The number of ether oxygens (including phenoxy) is 2. The Morgan fingerprint density at radius 3 is 2.63 bits per heavy atom. The summed E-state index contributed by atoms with van der Waals surface area (Å²) in [5.41, 5.74) is -1.31. The lowest BCUT2D eigenvalue weighted by molar-refractivity contribution is -0.149. The van der Waals surface area contributed by atoms with Gasteiger partial charge in [0.1, 0.15) is 15.6 Å². The number of hydrogen-bond donors (Lipinski definition) is 2. The van der Waals surface area contributed by atoms with Crippen LogP contribution in [-0.4, -0.2) is 44.2 Å². The largest absolute Gasteiger partial charge is 0.462 e. The Balaban J connectivity index is 1.76. The molecule has 35 heavy (non-hydrogen) atoms. The molecule has 1 saturated heterocycles. The molecule has 0 unspecified atom stereocenters. The molecule has 0 amide bonds. The third kappa shape index (κ3) is 7.28. The van der Waals surface area contributed by atoms with Crippen LogP contribution in [0, 0.1) is 0 Å². The van der Waals surface area contributed by atoms with Gasteiger partial charge in [-0.3, -0.25) is 14.1 Å².